The first-order chi connectivity index (χ1) is 12.1. The van der Waals surface area contributed by atoms with Crippen molar-refractivity contribution < 1.29 is 9.53 Å². The summed E-state index contributed by atoms with van der Waals surface area (Å²) in [4.78, 5) is 11.1. The molecule has 0 unspecified atom stereocenters. The molecule has 2 aromatic carbocycles. The molecular formula is C17H13BrClN3O2S. The zero-order valence-corrected chi connectivity index (χ0v) is 16.1. The maximum Gasteiger partial charge on any atom is 0.236 e. The van der Waals surface area contributed by atoms with Crippen molar-refractivity contribution in [1.82, 2.24) is 5.32 Å². The first kappa shape index (κ1) is 18.0. The van der Waals surface area contributed by atoms with Crippen molar-refractivity contribution >= 4 is 56.6 Å². The molecule has 1 saturated heterocycles. The molecule has 1 aliphatic rings. The van der Waals surface area contributed by atoms with Crippen molar-refractivity contribution in [2.24, 2.45) is 10.2 Å². The van der Waals surface area contributed by atoms with Crippen LogP contribution in [-0.2, 0) is 11.4 Å². The number of carbonyl (C=O) groups is 1. The van der Waals surface area contributed by atoms with Crippen LogP contribution in [0.1, 0.15) is 11.1 Å². The monoisotopic (exact) mass is 437 g/mol. The molecule has 0 aliphatic carbocycles. The second-order valence-electron chi connectivity index (χ2n) is 5.09. The van der Waals surface area contributed by atoms with Gasteiger partial charge in [0.2, 0.25) is 5.91 Å². The van der Waals surface area contributed by atoms with E-state index in [2.05, 4.69) is 31.4 Å². The summed E-state index contributed by atoms with van der Waals surface area (Å²) in [6, 6.07) is 13.2. The number of amides is 1. The van der Waals surface area contributed by atoms with Gasteiger partial charge in [-0.25, -0.2) is 0 Å². The molecule has 0 aromatic heterocycles. The van der Waals surface area contributed by atoms with E-state index in [4.69, 9.17) is 16.3 Å². The summed E-state index contributed by atoms with van der Waals surface area (Å²) < 4.78 is 6.88. The van der Waals surface area contributed by atoms with Crippen LogP contribution in [-0.4, -0.2) is 23.0 Å². The highest BCUT2D eigenvalue weighted by Crippen LogP contribution is 2.23. The Morgan fingerprint density at radius 1 is 1.32 bits per heavy atom. The Balaban J connectivity index is 1.72. The summed E-state index contributed by atoms with van der Waals surface area (Å²) in [5, 5.41) is 11.7. The molecule has 0 bridgehead atoms. The maximum atomic E-state index is 11.1. The van der Waals surface area contributed by atoms with Crippen LogP contribution in [0, 0.1) is 0 Å². The van der Waals surface area contributed by atoms with Crippen LogP contribution in [0.5, 0.6) is 5.75 Å². The molecular weight excluding hydrogens is 426 g/mol. The van der Waals surface area contributed by atoms with Gasteiger partial charge in [-0.2, -0.15) is 5.10 Å². The number of ether oxygens (including phenoxy) is 1. The van der Waals surface area contributed by atoms with E-state index in [-0.39, 0.29) is 5.91 Å². The molecule has 0 spiro atoms. The van der Waals surface area contributed by atoms with E-state index in [0.29, 0.717) is 33.9 Å². The molecule has 2 aromatic rings. The zero-order valence-electron chi connectivity index (χ0n) is 12.9. The molecule has 8 heteroatoms. The van der Waals surface area contributed by atoms with Crippen LogP contribution >= 0.6 is 39.3 Å². The first-order valence-electron chi connectivity index (χ1n) is 7.30. The Morgan fingerprint density at radius 3 is 2.96 bits per heavy atom. The predicted octanol–water partition coefficient (Wildman–Crippen LogP) is 4.23. The summed E-state index contributed by atoms with van der Waals surface area (Å²) in [6.07, 6.45) is 1.56. The summed E-state index contributed by atoms with van der Waals surface area (Å²) in [5.74, 6) is 0.947. The SMILES string of the molecule is O=C1CSC(=NN=Cc2cc(Cl)ccc2OCc2cccc(Br)c2)N1. The minimum absolute atomic E-state index is 0.0697. The van der Waals surface area contributed by atoms with E-state index in [9.17, 15) is 4.79 Å². The summed E-state index contributed by atoms with van der Waals surface area (Å²) in [5.41, 5.74) is 1.75. The summed E-state index contributed by atoms with van der Waals surface area (Å²) >= 11 is 10.8. The average Bonchev–Trinajstić information content (AvgIpc) is 2.99. The number of nitrogens with zero attached hydrogens (tertiary/aromatic N) is 2. The quantitative estimate of drug-likeness (QED) is 0.561. The van der Waals surface area contributed by atoms with Crippen LogP contribution in [0.25, 0.3) is 0 Å². The van der Waals surface area contributed by atoms with Crippen molar-refractivity contribution in [1.29, 1.82) is 0 Å². The Kier molecular flexibility index (Phi) is 6.12. The first-order valence-corrected chi connectivity index (χ1v) is 9.46. The van der Waals surface area contributed by atoms with Gasteiger partial charge in [0, 0.05) is 15.1 Å². The van der Waals surface area contributed by atoms with Gasteiger partial charge in [-0.3, -0.25) is 4.79 Å². The van der Waals surface area contributed by atoms with Crippen molar-refractivity contribution in [2.45, 2.75) is 6.61 Å². The molecule has 0 radical (unpaired) electrons. The maximum absolute atomic E-state index is 11.1. The molecule has 1 N–H and O–H groups in total. The van der Waals surface area contributed by atoms with E-state index in [1.54, 1.807) is 24.4 Å². The highest BCUT2D eigenvalue weighted by atomic mass is 79.9. The van der Waals surface area contributed by atoms with Gasteiger partial charge in [-0.1, -0.05) is 51.4 Å². The number of hydrogen-bond acceptors (Lipinski definition) is 5. The number of carbonyl (C=O) groups excluding carboxylic acids is 1. The normalized spacial score (nSPS) is 15.8. The van der Waals surface area contributed by atoms with Gasteiger partial charge in [-0.05, 0) is 35.9 Å². The molecule has 3 rings (SSSR count). The molecule has 0 saturated carbocycles. The number of rotatable bonds is 5. The van der Waals surface area contributed by atoms with Crippen molar-refractivity contribution in [3.63, 3.8) is 0 Å². The molecule has 1 amide bonds. The van der Waals surface area contributed by atoms with E-state index >= 15 is 0 Å². The third-order valence-electron chi connectivity index (χ3n) is 3.19. The number of benzene rings is 2. The van der Waals surface area contributed by atoms with E-state index < -0.39 is 0 Å². The highest BCUT2D eigenvalue weighted by molar-refractivity contribution is 9.10. The Hall–Kier alpha value is -1.83. The Bertz CT molecular complexity index is 858. The number of nitrogens with one attached hydrogen (secondary N) is 1. The predicted molar refractivity (Wildman–Crippen MR) is 106 cm³/mol. The van der Waals surface area contributed by atoms with E-state index in [0.717, 1.165) is 10.0 Å². The van der Waals surface area contributed by atoms with Crippen molar-refractivity contribution in [2.75, 3.05) is 5.75 Å². The van der Waals surface area contributed by atoms with Gasteiger partial charge >= 0.3 is 0 Å². The lowest BCUT2D eigenvalue weighted by molar-refractivity contribution is -0.116. The lowest BCUT2D eigenvalue weighted by atomic mass is 10.2. The van der Waals surface area contributed by atoms with Crippen LogP contribution in [0.2, 0.25) is 5.02 Å². The van der Waals surface area contributed by atoms with Crippen molar-refractivity contribution in [3.05, 3.63) is 63.1 Å². The summed E-state index contributed by atoms with van der Waals surface area (Å²) in [7, 11) is 0. The smallest absolute Gasteiger partial charge is 0.236 e. The van der Waals surface area contributed by atoms with Crippen LogP contribution in [0.15, 0.2) is 57.1 Å². The van der Waals surface area contributed by atoms with E-state index in [1.807, 2.05) is 24.3 Å². The molecule has 128 valence electrons. The van der Waals surface area contributed by atoms with E-state index in [1.165, 1.54) is 11.8 Å². The fourth-order valence-corrected chi connectivity index (χ4v) is 3.32. The third-order valence-corrected chi connectivity index (χ3v) is 4.78. The van der Waals surface area contributed by atoms with Gasteiger partial charge in [0.25, 0.3) is 0 Å². The topological polar surface area (TPSA) is 63.0 Å². The van der Waals surface area contributed by atoms with Crippen LogP contribution in [0.3, 0.4) is 0 Å². The second-order valence-corrected chi connectivity index (χ2v) is 7.40. The number of hydrogen-bond donors (Lipinski definition) is 1. The minimum Gasteiger partial charge on any atom is -0.488 e. The molecule has 0 atom stereocenters. The molecule has 1 aliphatic heterocycles. The van der Waals surface area contributed by atoms with Gasteiger partial charge in [-0.15, -0.1) is 5.10 Å². The van der Waals surface area contributed by atoms with Gasteiger partial charge in [0.1, 0.15) is 12.4 Å². The standard InChI is InChI=1S/C17H13BrClN3O2S/c18-13-3-1-2-11(6-13)9-24-15-5-4-14(19)7-12(15)8-20-22-17-21-16(23)10-25-17/h1-8H,9-10H2,(H,21,22,23). The molecule has 1 heterocycles. The fourth-order valence-electron chi connectivity index (χ4n) is 2.06. The lowest BCUT2D eigenvalue weighted by Gasteiger charge is -2.09. The average molecular weight is 439 g/mol. The van der Waals surface area contributed by atoms with Crippen LogP contribution in [0.4, 0.5) is 0 Å². The van der Waals surface area contributed by atoms with Gasteiger partial charge < -0.3 is 10.1 Å². The number of halogens is 2. The lowest BCUT2D eigenvalue weighted by Crippen LogP contribution is -2.19. The fraction of sp³-hybridized carbons (Fsp3) is 0.118. The molecule has 1 fully saturated rings. The van der Waals surface area contributed by atoms with Crippen LogP contribution < -0.4 is 10.1 Å². The van der Waals surface area contributed by atoms with Crippen molar-refractivity contribution in [3.8, 4) is 5.75 Å². The largest absolute Gasteiger partial charge is 0.488 e. The minimum atomic E-state index is -0.0697. The number of thioether (sulfide) groups is 1. The number of amidine groups is 1. The van der Waals surface area contributed by atoms with Gasteiger partial charge in [0.15, 0.2) is 5.17 Å². The Labute approximate surface area is 162 Å². The highest BCUT2D eigenvalue weighted by Gasteiger charge is 2.16. The second kappa shape index (κ2) is 8.51. The zero-order chi connectivity index (χ0) is 17.6. The van der Waals surface area contributed by atoms with Gasteiger partial charge in [0.05, 0.1) is 12.0 Å². The molecule has 25 heavy (non-hydrogen) atoms. The molecule has 5 nitrogen and oxygen atoms in total. The third kappa shape index (κ3) is 5.32. The Morgan fingerprint density at radius 2 is 2.20 bits per heavy atom. The summed E-state index contributed by atoms with van der Waals surface area (Å²) in [6.45, 7) is 0.419.